The van der Waals surface area contributed by atoms with Gasteiger partial charge in [-0.15, -0.1) is 0 Å². The Hall–Kier alpha value is -1.62. The molecule has 1 heterocycles. The zero-order chi connectivity index (χ0) is 14.3. The highest BCUT2D eigenvalue weighted by molar-refractivity contribution is 5.82. The Morgan fingerprint density at radius 2 is 1.68 bits per heavy atom. The lowest BCUT2D eigenvalue weighted by molar-refractivity contribution is -0.142. The lowest BCUT2D eigenvalue weighted by Gasteiger charge is -2.14. The molecule has 0 spiro atoms. The van der Waals surface area contributed by atoms with Crippen LogP contribution in [0.4, 0.5) is 0 Å². The Bertz CT molecular complexity index is 372. The highest BCUT2D eigenvalue weighted by Gasteiger charge is 2.11. The molecule has 3 atom stereocenters. The Kier molecular flexibility index (Phi) is 6.29. The van der Waals surface area contributed by atoms with Gasteiger partial charge in [-0.2, -0.15) is 0 Å². The van der Waals surface area contributed by atoms with E-state index in [9.17, 15) is 14.7 Å². The smallest absolute Gasteiger partial charge is 0.330 e. The first kappa shape index (κ1) is 15.4. The Morgan fingerprint density at radius 1 is 1.05 bits per heavy atom. The third kappa shape index (κ3) is 6.76. The number of ether oxygens (including phenoxy) is 2. The van der Waals surface area contributed by atoms with E-state index in [1.807, 2.05) is 0 Å². The van der Waals surface area contributed by atoms with Crippen LogP contribution in [0.5, 0.6) is 0 Å². The summed E-state index contributed by atoms with van der Waals surface area (Å²) in [4.78, 5) is 22.8. The van der Waals surface area contributed by atoms with E-state index in [2.05, 4.69) is 0 Å². The van der Waals surface area contributed by atoms with Crippen molar-refractivity contribution in [2.24, 2.45) is 0 Å². The van der Waals surface area contributed by atoms with Gasteiger partial charge < -0.3 is 14.6 Å². The predicted molar refractivity (Wildman–Crippen MR) is 69.2 cm³/mol. The van der Waals surface area contributed by atoms with Crippen molar-refractivity contribution in [3.63, 3.8) is 0 Å². The molecule has 1 rings (SSSR count). The Morgan fingerprint density at radius 3 is 2.42 bits per heavy atom. The van der Waals surface area contributed by atoms with Crippen LogP contribution in [-0.4, -0.2) is 35.4 Å². The van der Waals surface area contributed by atoms with Crippen molar-refractivity contribution in [2.45, 2.75) is 51.4 Å². The van der Waals surface area contributed by atoms with Gasteiger partial charge >= 0.3 is 11.9 Å². The van der Waals surface area contributed by atoms with Gasteiger partial charge in [-0.25, -0.2) is 9.59 Å². The minimum atomic E-state index is -0.748. The monoisotopic (exact) mass is 268 g/mol. The summed E-state index contributed by atoms with van der Waals surface area (Å²) in [5.74, 6) is -0.916. The first-order chi connectivity index (χ1) is 8.97. The summed E-state index contributed by atoms with van der Waals surface area (Å²) in [6, 6.07) is 0. The number of aliphatic hydroxyl groups excluding tert-OH is 1. The minimum Gasteiger partial charge on any atom is -0.460 e. The van der Waals surface area contributed by atoms with E-state index in [4.69, 9.17) is 9.47 Å². The van der Waals surface area contributed by atoms with E-state index >= 15 is 0 Å². The second-order valence-corrected chi connectivity index (χ2v) is 4.64. The van der Waals surface area contributed by atoms with Crippen LogP contribution in [0.3, 0.4) is 0 Å². The van der Waals surface area contributed by atoms with Gasteiger partial charge in [0.1, 0.15) is 6.10 Å². The van der Waals surface area contributed by atoms with Crippen LogP contribution in [0.15, 0.2) is 24.3 Å². The molecule has 1 aliphatic heterocycles. The van der Waals surface area contributed by atoms with Gasteiger partial charge in [-0.05, 0) is 32.8 Å². The molecule has 106 valence electrons. The maximum atomic E-state index is 11.4. The summed E-state index contributed by atoms with van der Waals surface area (Å²) >= 11 is 0. The van der Waals surface area contributed by atoms with Crippen LogP contribution in [0.1, 0.15) is 33.1 Å². The largest absolute Gasteiger partial charge is 0.460 e. The van der Waals surface area contributed by atoms with Crippen LogP contribution in [0.25, 0.3) is 0 Å². The van der Waals surface area contributed by atoms with E-state index in [-0.39, 0.29) is 12.2 Å². The molecule has 0 aliphatic carbocycles. The molecule has 0 aromatic carbocycles. The number of cyclic esters (lactones) is 2. The lowest BCUT2D eigenvalue weighted by Crippen LogP contribution is -2.17. The molecule has 0 fully saturated rings. The molecular weight excluding hydrogens is 248 g/mol. The molecule has 0 aromatic rings. The highest BCUT2D eigenvalue weighted by atomic mass is 16.5. The third-order valence-corrected chi connectivity index (χ3v) is 2.68. The summed E-state index contributed by atoms with van der Waals surface area (Å²) in [6.07, 6.45) is 5.60. The average Bonchev–Trinajstić information content (AvgIpc) is 2.32. The number of carbonyl (C=O) groups is 2. The van der Waals surface area contributed by atoms with Crippen molar-refractivity contribution in [1.82, 2.24) is 0 Å². The quantitative estimate of drug-likeness (QED) is 0.674. The van der Waals surface area contributed by atoms with Crippen molar-refractivity contribution in [1.29, 1.82) is 0 Å². The van der Waals surface area contributed by atoms with Crippen molar-refractivity contribution in [3.8, 4) is 0 Å². The van der Waals surface area contributed by atoms with Crippen LogP contribution in [-0.2, 0) is 19.1 Å². The van der Waals surface area contributed by atoms with E-state index in [1.165, 1.54) is 18.2 Å². The van der Waals surface area contributed by atoms with E-state index in [1.54, 1.807) is 19.9 Å². The summed E-state index contributed by atoms with van der Waals surface area (Å²) in [7, 11) is 0. The van der Waals surface area contributed by atoms with Gasteiger partial charge in [0.05, 0.1) is 12.2 Å². The van der Waals surface area contributed by atoms with Crippen LogP contribution in [0, 0.1) is 0 Å². The fraction of sp³-hybridized carbons (Fsp3) is 0.571. The molecule has 0 bridgehead atoms. The molecule has 0 unspecified atom stereocenters. The van der Waals surface area contributed by atoms with Crippen LogP contribution >= 0.6 is 0 Å². The van der Waals surface area contributed by atoms with Crippen LogP contribution in [0.2, 0.25) is 0 Å². The van der Waals surface area contributed by atoms with Crippen LogP contribution < -0.4 is 0 Å². The molecule has 0 aromatic heterocycles. The summed E-state index contributed by atoms with van der Waals surface area (Å²) < 4.78 is 10.2. The first-order valence-corrected chi connectivity index (χ1v) is 6.41. The third-order valence-electron chi connectivity index (χ3n) is 2.68. The summed E-state index contributed by atoms with van der Waals surface area (Å²) in [6.45, 7) is 3.50. The van der Waals surface area contributed by atoms with Crippen molar-refractivity contribution in [2.75, 3.05) is 0 Å². The van der Waals surface area contributed by atoms with Crippen molar-refractivity contribution >= 4 is 11.9 Å². The molecule has 0 amide bonds. The highest BCUT2D eigenvalue weighted by Crippen LogP contribution is 2.08. The maximum absolute atomic E-state index is 11.4. The summed E-state index contributed by atoms with van der Waals surface area (Å²) in [5.41, 5.74) is 0. The molecule has 1 aliphatic rings. The Balaban J connectivity index is 2.69. The number of carbonyl (C=O) groups excluding carboxylic acids is 2. The van der Waals surface area contributed by atoms with Crippen molar-refractivity contribution < 1.29 is 24.2 Å². The summed E-state index contributed by atoms with van der Waals surface area (Å²) in [5, 5.41) is 9.64. The normalized spacial score (nSPS) is 33.7. The first-order valence-electron chi connectivity index (χ1n) is 6.41. The fourth-order valence-corrected chi connectivity index (χ4v) is 1.63. The average molecular weight is 268 g/mol. The number of esters is 2. The van der Waals surface area contributed by atoms with Crippen molar-refractivity contribution in [3.05, 3.63) is 24.3 Å². The molecular formula is C14H20O5. The maximum Gasteiger partial charge on any atom is 0.330 e. The van der Waals surface area contributed by atoms with Gasteiger partial charge in [-0.1, -0.05) is 6.08 Å². The fourth-order valence-electron chi connectivity index (χ4n) is 1.63. The second kappa shape index (κ2) is 7.74. The SMILES string of the molecule is C[C@@H]1C/C=C/C(=O)O[C@H](C)CC[C@H](O)/C=C/C(=O)O1. The molecule has 1 N–H and O–H groups in total. The molecule has 0 radical (unpaired) electrons. The predicted octanol–water partition coefficient (Wildman–Crippen LogP) is 1.51. The Labute approximate surface area is 112 Å². The second-order valence-electron chi connectivity index (χ2n) is 4.64. The number of hydrogen-bond donors (Lipinski definition) is 1. The minimum absolute atomic E-state index is 0.271. The van der Waals surface area contributed by atoms with Gasteiger partial charge in [-0.3, -0.25) is 0 Å². The van der Waals surface area contributed by atoms with Gasteiger partial charge in [0.2, 0.25) is 0 Å². The van der Waals surface area contributed by atoms with Gasteiger partial charge in [0.25, 0.3) is 0 Å². The lowest BCUT2D eigenvalue weighted by atomic mass is 10.1. The molecule has 5 heteroatoms. The molecule has 19 heavy (non-hydrogen) atoms. The molecule has 0 saturated heterocycles. The van der Waals surface area contributed by atoms with Gasteiger partial charge in [0.15, 0.2) is 0 Å². The number of rotatable bonds is 0. The molecule has 0 saturated carbocycles. The topological polar surface area (TPSA) is 72.8 Å². The molecule has 5 nitrogen and oxygen atoms in total. The standard InChI is InChI=1S/C14H20O5/c1-10-4-3-5-13(16)19-11(2)6-7-12(15)8-9-14(17)18-10/h3,5,8-12,15H,4,6-7H2,1-2H3/b5-3+,9-8+/t10-,11-,12+/m1/s1. The number of aliphatic hydroxyl groups is 1. The van der Waals surface area contributed by atoms with E-state index < -0.39 is 18.0 Å². The zero-order valence-corrected chi connectivity index (χ0v) is 11.2. The van der Waals surface area contributed by atoms with E-state index in [0.29, 0.717) is 19.3 Å². The van der Waals surface area contributed by atoms with E-state index in [0.717, 1.165) is 0 Å². The zero-order valence-electron chi connectivity index (χ0n) is 11.2. The van der Waals surface area contributed by atoms with Gasteiger partial charge in [0, 0.05) is 18.6 Å². The number of hydrogen-bond acceptors (Lipinski definition) is 5.